The normalized spacial score (nSPS) is 15.8. The Labute approximate surface area is 223 Å². The van der Waals surface area contributed by atoms with E-state index in [1.54, 1.807) is 0 Å². The molecule has 1 heterocycles. The summed E-state index contributed by atoms with van der Waals surface area (Å²) >= 11 is 2.31. The maximum absolute atomic E-state index is 6.35. The number of aryl methyl sites for hydroxylation is 1. The molecule has 0 amide bonds. The van der Waals surface area contributed by atoms with Crippen molar-refractivity contribution >= 4 is 0 Å². The average molecular weight is 649 g/mol. The number of benzene rings is 4. The molecule has 0 N–H and O–H groups in total. The van der Waals surface area contributed by atoms with Crippen molar-refractivity contribution < 1.29 is 24.1 Å². The third kappa shape index (κ3) is 3.83. The fraction of sp³-hybridized carbons (Fsp3) is 0.156. The van der Waals surface area contributed by atoms with Crippen molar-refractivity contribution in [3.05, 3.63) is 141 Å². The van der Waals surface area contributed by atoms with Crippen LogP contribution >= 0.6 is 0 Å². The summed E-state index contributed by atoms with van der Waals surface area (Å²) in [6, 6.07) is 37.7. The zero-order chi connectivity index (χ0) is 24.9. The van der Waals surface area contributed by atoms with Crippen molar-refractivity contribution in [1.29, 1.82) is 0 Å². The van der Waals surface area contributed by atoms with E-state index in [4.69, 9.17) is 4.74 Å². The van der Waals surface area contributed by atoms with Gasteiger partial charge in [0.2, 0.25) is 0 Å². The molecule has 182 valence electrons. The molecule has 0 spiro atoms. The predicted octanol–water partition coefficient (Wildman–Crippen LogP) is 6.91. The second kappa shape index (κ2) is 8.91. The van der Waals surface area contributed by atoms with E-state index in [1.807, 2.05) is 55.8 Å². The SMILES string of the molecule is Cn1ccn(-c2[c-]c(Oc3[c-]c4c(cc3)C(C)(C)c3ccccc3C4c3[c-]cccc3)ccc2)[c]1=[Pt]. The van der Waals surface area contributed by atoms with E-state index in [2.05, 4.69) is 103 Å². The van der Waals surface area contributed by atoms with Gasteiger partial charge in [-0.3, -0.25) is 0 Å². The van der Waals surface area contributed by atoms with E-state index in [1.165, 1.54) is 16.7 Å². The van der Waals surface area contributed by atoms with Gasteiger partial charge in [0.25, 0.3) is 0 Å². The molecule has 5 aromatic rings. The fourth-order valence-corrected chi connectivity index (χ4v) is 5.84. The van der Waals surface area contributed by atoms with Gasteiger partial charge in [-0.05, 0) is 0 Å². The molecule has 6 rings (SSSR count). The summed E-state index contributed by atoms with van der Waals surface area (Å²) in [6.07, 6.45) is 4.06. The van der Waals surface area contributed by atoms with Gasteiger partial charge in [0.05, 0.1) is 0 Å². The van der Waals surface area contributed by atoms with Crippen molar-refractivity contribution in [2.24, 2.45) is 7.05 Å². The summed E-state index contributed by atoms with van der Waals surface area (Å²) in [5.41, 5.74) is 6.98. The van der Waals surface area contributed by atoms with E-state index < -0.39 is 0 Å². The van der Waals surface area contributed by atoms with Gasteiger partial charge in [-0.25, -0.2) is 0 Å². The number of fused-ring (bicyclic) bond motifs is 2. The number of hydrogen-bond donors (Lipinski definition) is 0. The molecule has 1 unspecified atom stereocenters. The van der Waals surface area contributed by atoms with Crippen LogP contribution in [0.4, 0.5) is 0 Å². The molecule has 4 aromatic carbocycles. The second-order valence-corrected chi connectivity index (χ2v) is 10.7. The van der Waals surface area contributed by atoms with Crippen molar-refractivity contribution in [2.75, 3.05) is 0 Å². The van der Waals surface area contributed by atoms with Crippen molar-refractivity contribution in [1.82, 2.24) is 9.13 Å². The molecule has 1 aromatic heterocycles. The number of imidazole rings is 1. The summed E-state index contributed by atoms with van der Waals surface area (Å²) in [5.74, 6) is 1.39. The summed E-state index contributed by atoms with van der Waals surface area (Å²) in [5, 5.41) is 0. The zero-order valence-electron chi connectivity index (χ0n) is 20.4. The molecule has 0 saturated heterocycles. The van der Waals surface area contributed by atoms with Gasteiger partial charge in [-0.2, -0.15) is 18.2 Å². The first-order chi connectivity index (χ1) is 17.4. The van der Waals surface area contributed by atoms with E-state index >= 15 is 0 Å². The monoisotopic (exact) mass is 648 g/mol. The molecule has 36 heavy (non-hydrogen) atoms. The molecule has 1 aliphatic carbocycles. The number of aromatic nitrogens is 2. The minimum atomic E-state index is -0.140. The number of ether oxygens (including phenoxy) is 1. The molecular formula is C32H25N2OPt-3. The predicted molar refractivity (Wildman–Crippen MR) is 137 cm³/mol. The van der Waals surface area contributed by atoms with Crippen LogP contribution in [-0.2, 0) is 31.8 Å². The van der Waals surface area contributed by atoms with Gasteiger partial charge < -0.3 is 0 Å². The van der Waals surface area contributed by atoms with Crippen LogP contribution in [-0.4, -0.2) is 9.13 Å². The number of hydrogen-bond acceptors (Lipinski definition) is 1. The summed E-state index contributed by atoms with van der Waals surface area (Å²) in [7, 11) is 2.03. The van der Waals surface area contributed by atoms with Gasteiger partial charge in [0.15, 0.2) is 0 Å². The Hall–Kier alpha value is -3.42. The number of nitrogens with zero attached hydrogens (tertiary/aromatic N) is 2. The first kappa shape index (κ1) is 23.0. The van der Waals surface area contributed by atoms with Gasteiger partial charge in [0, 0.05) is 0 Å². The van der Waals surface area contributed by atoms with Crippen molar-refractivity contribution in [3.8, 4) is 17.2 Å². The second-order valence-electron chi connectivity index (χ2n) is 9.64. The third-order valence-corrected chi connectivity index (χ3v) is 8.37. The first-order valence-electron chi connectivity index (χ1n) is 12.0. The third-order valence-electron chi connectivity index (χ3n) is 7.03. The summed E-state index contributed by atoms with van der Waals surface area (Å²) in [4.78, 5) is 0. The van der Waals surface area contributed by atoms with E-state index in [0.717, 1.165) is 20.6 Å². The van der Waals surface area contributed by atoms with Crippen LogP contribution in [0, 0.1) is 22.0 Å². The molecule has 1 atom stereocenters. The quantitative estimate of drug-likeness (QED) is 0.194. The first-order valence-corrected chi connectivity index (χ1v) is 13.1. The minimum absolute atomic E-state index is 0.0471. The van der Waals surface area contributed by atoms with Crippen LogP contribution in [0.5, 0.6) is 11.5 Å². The van der Waals surface area contributed by atoms with Crippen LogP contribution < -0.4 is 4.74 Å². The molecular weight excluding hydrogens is 623 g/mol. The summed E-state index contributed by atoms with van der Waals surface area (Å²) in [6.45, 7) is 4.58. The Morgan fingerprint density at radius 3 is 2.42 bits per heavy atom. The van der Waals surface area contributed by atoms with Gasteiger partial charge in [-0.15, -0.1) is 0 Å². The van der Waals surface area contributed by atoms with Gasteiger partial charge in [0.1, 0.15) is 0 Å². The molecule has 3 nitrogen and oxygen atoms in total. The molecule has 1 aliphatic rings. The standard InChI is InChI=1S/C32H25N2O.Pt/c1-32(2)29-15-8-7-14-27(29)31(23-10-5-4-6-11-23)28-21-26(16-17-30(28)32)35-25-13-9-12-24(20-25)34-19-18-33(3)22-34;/h4-10,12-19,31H,1-3H3;/q-3;. The Balaban J connectivity index is 1.44. The topological polar surface area (TPSA) is 19.1 Å². The van der Waals surface area contributed by atoms with Crippen LogP contribution in [0.1, 0.15) is 47.6 Å². The molecule has 4 heteroatoms. The maximum atomic E-state index is 6.35. The van der Waals surface area contributed by atoms with E-state index in [-0.39, 0.29) is 11.3 Å². The average Bonchev–Trinajstić information content (AvgIpc) is 3.23. The van der Waals surface area contributed by atoms with Crippen LogP contribution in [0.2, 0.25) is 0 Å². The fourth-order valence-electron chi connectivity index (χ4n) is 5.23. The Morgan fingerprint density at radius 1 is 0.833 bits per heavy atom. The molecule has 0 saturated carbocycles. The molecule has 0 radical (unpaired) electrons. The Kier molecular flexibility index (Phi) is 5.69. The van der Waals surface area contributed by atoms with Crippen molar-refractivity contribution in [3.63, 3.8) is 0 Å². The molecule has 0 bridgehead atoms. The van der Waals surface area contributed by atoms with E-state index in [0.29, 0.717) is 11.5 Å². The number of rotatable bonds is 4. The zero-order valence-corrected chi connectivity index (χ0v) is 22.6. The summed E-state index contributed by atoms with van der Waals surface area (Å²) < 4.78 is 11.6. The van der Waals surface area contributed by atoms with Gasteiger partial charge in [-0.1, -0.05) is 18.2 Å². The van der Waals surface area contributed by atoms with E-state index in [9.17, 15) is 0 Å². The van der Waals surface area contributed by atoms with Crippen molar-refractivity contribution in [2.45, 2.75) is 25.2 Å². The Bertz CT molecular complexity index is 1630. The van der Waals surface area contributed by atoms with Crippen LogP contribution in [0.3, 0.4) is 0 Å². The molecule has 0 fully saturated rings. The van der Waals surface area contributed by atoms with Crippen LogP contribution in [0.15, 0.2) is 91.3 Å². The van der Waals surface area contributed by atoms with Crippen LogP contribution in [0.25, 0.3) is 5.69 Å². The Morgan fingerprint density at radius 2 is 1.64 bits per heavy atom. The van der Waals surface area contributed by atoms with Gasteiger partial charge >= 0.3 is 187 Å². The molecule has 0 aliphatic heterocycles.